The molecule has 1 aromatic rings. The Morgan fingerprint density at radius 2 is 2.29 bits per heavy atom. The van der Waals surface area contributed by atoms with Crippen molar-refractivity contribution >= 4 is 21.9 Å². The molecule has 14 heavy (non-hydrogen) atoms. The maximum absolute atomic E-state index is 4.36. The highest BCUT2D eigenvalue weighted by atomic mass is 79.9. The van der Waals surface area contributed by atoms with E-state index in [1.165, 1.54) is 19.3 Å². The Morgan fingerprint density at radius 3 is 2.79 bits per heavy atom. The maximum Gasteiger partial charge on any atom is 0.204 e. The molecule has 0 unspecified atom stereocenters. The van der Waals surface area contributed by atoms with Crippen LogP contribution in [0.1, 0.15) is 39.2 Å². The monoisotopic (exact) mass is 257 g/mol. The summed E-state index contributed by atoms with van der Waals surface area (Å²) in [5.74, 6) is 0.997. The van der Waals surface area contributed by atoms with Crippen LogP contribution in [0.3, 0.4) is 0 Å². The molecule has 78 valence electrons. The van der Waals surface area contributed by atoms with Gasteiger partial charge in [0.2, 0.25) is 5.95 Å². The van der Waals surface area contributed by atoms with Crippen molar-refractivity contribution in [3.8, 4) is 0 Å². The molecule has 0 atom stereocenters. The lowest BCUT2D eigenvalue weighted by atomic mass is 9.93. The van der Waals surface area contributed by atoms with E-state index in [2.05, 4.69) is 44.6 Å². The summed E-state index contributed by atoms with van der Waals surface area (Å²) in [7, 11) is 0. The Hall–Kier alpha value is -0.510. The third-order valence-electron chi connectivity index (χ3n) is 2.71. The third-order valence-corrected chi connectivity index (χ3v) is 3.29. The van der Waals surface area contributed by atoms with Crippen LogP contribution in [-0.2, 0) is 0 Å². The van der Waals surface area contributed by atoms with Crippen molar-refractivity contribution in [1.29, 1.82) is 0 Å². The molecule has 0 amide bonds. The quantitative estimate of drug-likeness (QED) is 0.902. The first-order valence-electron chi connectivity index (χ1n) is 5.17. The van der Waals surface area contributed by atoms with Gasteiger partial charge in [-0.3, -0.25) is 0 Å². The van der Waals surface area contributed by atoms with Gasteiger partial charge < -0.3 is 9.88 Å². The Balaban J connectivity index is 2.15. The van der Waals surface area contributed by atoms with Crippen LogP contribution in [0.4, 0.5) is 5.95 Å². The summed E-state index contributed by atoms with van der Waals surface area (Å²) < 4.78 is 3.23. The highest BCUT2D eigenvalue weighted by molar-refractivity contribution is 9.10. The molecule has 1 N–H and O–H groups in total. The van der Waals surface area contributed by atoms with Crippen LogP contribution in [0.5, 0.6) is 0 Å². The van der Waals surface area contributed by atoms with Gasteiger partial charge in [0.1, 0.15) is 4.60 Å². The fourth-order valence-corrected chi connectivity index (χ4v) is 2.35. The molecule has 0 aliphatic heterocycles. The molecular formula is C10H16BrN3. The molecule has 2 rings (SSSR count). The Morgan fingerprint density at radius 1 is 1.57 bits per heavy atom. The molecule has 1 heterocycles. The average Bonchev–Trinajstić information content (AvgIpc) is 2.39. The van der Waals surface area contributed by atoms with E-state index in [-0.39, 0.29) is 0 Å². The molecule has 1 aromatic heterocycles. The van der Waals surface area contributed by atoms with Crippen molar-refractivity contribution in [3.05, 3.63) is 10.8 Å². The second-order valence-corrected chi connectivity index (χ2v) is 4.95. The van der Waals surface area contributed by atoms with E-state index in [0.29, 0.717) is 12.1 Å². The van der Waals surface area contributed by atoms with Gasteiger partial charge in [0.05, 0.1) is 6.20 Å². The summed E-state index contributed by atoms with van der Waals surface area (Å²) in [4.78, 5) is 4.36. The smallest absolute Gasteiger partial charge is 0.204 e. The van der Waals surface area contributed by atoms with Crippen LogP contribution >= 0.6 is 15.9 Å². The van der Waals surface area contributed by atoms with Crippen LogP contribution in [-0.4, -0.2) is 15.6 Å². The van der Waals surface area contributed by atoms with E-state index in [4.69, 9.17) is 0 Å². The Bertz CT molecular complexity index is 315. The molecule has 0 spiro atoms. The van der Waals surface area contributed by atoms with Crippen LogP contribution in [0.25, 0.3) is 0 Å². The van der Waals surface area contributed by atoms with Crippen molar-refractivity contribution in [1.82, 2.24) is 9.55 Å². The molecular weight excluding hydrogens is 242 g/mol. The molecule has 0 radical (unpaired) electrons. The molecule has 0 saturated heterocycles. The second kappa shape index (κ2) is 3.93. The second-order valence-electron chi connectivity index (χ2n) is 4.14. The Kier molecular flexibility index (Phi) is 2.81. The van der Waals surface area contributed by atoms with Crippen molar-refractivity contribution < 1.29 is 0 Å². The number of nitrogens with one attached hydrogen (secondary N) is 1. The van der Waals surface area contributed by atoms with E-state index in [1.54, 1.807) is 0 Å². The highest BCUT2D eigenvalue weighted by Gasteiger charge is 2.20. The van der Waals surface area contributed by atoms with Gasteiger partial charge in [-0.25, -0.2) is 4.98 Å². The highest BCUT2D eigenvalue weighted by Crippen LogP contribution is 2.26. The lowest BCUT2D eigenvalue weighted by Gasteiger charge is -2.27. The van der Waals surface area contributed by atoms with Crippen LogP contribution in [0.15, 0.2) is 10.8 Å². The minimum Gasteiger partial charge on any atom is -0.353 e. The standard InChI is InChI=1S/C10H16BrN3/c1-7(2)14-9(11)6-12-10(14)13-8-4-3-5-8/h6-8H,3-5H2,1-2H3,(H,12,13). The number of hydrogen-bond acceptors (Lipinski definition) is 2. The third kappa shape index (κ3) is 1.80. The van der Waals surface area contributed by atoms with Gasteiger partial charge in [0.25, 0.3) is 0 Å². The molecule has 0 bridgehead atoms. The van der Waals surface area contributed by atoms with E-state index in [9.17, 15) is 0 Å². The van der Waals surface area contributed by atoms with Gasteiger partial charge in [-0.1, -0.05) is 0 Å². The van der Waals surface area contributed by atoms with Gasteiger partial charge in [-0.2, -0.15) is 0 Å². The maximum atomic E-state index is 4.36. The normalized spacial score (nSPS) is 17.1. The molecule has 1 fully saturated rings. The number of rotatable bonds is 3. The van der Waals surface area contributed by atoms with Crippen LogP contribution in [0.2, 0.25) is 0 Å². The average molecular weight is 258 g/mol. The Labute approximate surface area is 93.0 Å². The molecule has 1 aliphatic carbocycles. The molecule has 4 heteroatoms. The molecule has 1 aliphatic rings. The lowest BCUT2D eigenvalue weighted by molar-refractivity contribution is 0.438. The largest absolute Gasteiger partial charge is 0.353 e. The fourth-order valence-electron chi connectivity index (χ4n) is 1.67. The predicted octanol–water partition coefficient (Wildman–Crippen LogP) is 3.19. The minimum atomic E-state index is 0.439. The zero-order valence-electron chi connectivity index (χ0n) is 8.63. The summed E-state index contributed by atoms with van der Waals surface area (Å²) in [5.41, 5.74) is 0. The van der Waals surface area contributed by atoms with Crippen molar-refractivity contribution in [2.24, 2.45) is 0 Å². The number of anilines is 1. The first kappa shape index (κ1) is 10.0. The zero-order valence-corrected chi connectivity index (χ0v) is 10.2. The number of nitrogens with zero attached hydrogens (tertiary/aromatic N) is 2. The summed E-state index contributed by atoms with van der Waals surface area (Å²) in [6, 6.07) is 1.08. The summed E-state index contributed by atoms with van der Waals surface area (Å²) in [6.45, 7) is 4.33. The number of halogens is 1. The van der Waals surface area contributed by atoms with Crippen molar-refractivity contribution in [2.45, 2.75) is 45.2 Å². The minimum absolute atomic E-state index is 0.439. The van der Waals surface area contributed by atoms with Gasteiger partial charge >= 0.3 is 0 Å². The first-order valence-corrected chi connectivity index (χ1v) is 5.97. The van der Waals surface area contributed by atoms with Gasteiger partial charge in [0.15, 0.2) is 0 Å². The molecule has 0 aromatic carbocycles. The number of hydrogen-bond donors (Lipinski definition) is 1. The molecule has 1 saturated carbocycles. The summed E-state index contributed by atoms with van der Waals surface area (Å²) in [5, 5.41) is 3.47. The van der Waals surface area contributed by atoms with E-state index in [0.717, 1.165) is 10.6 Å². The van der Waals surface area contributed by atoms with Gasteiger partial charge in [-0.15, -0.1) is 0 Å². The SMILES string of the molecule is CC(C)n1c(Br)cnc1NC1CCC1. The van der Waals surface area contributed by atoms with Crippen LogP contribution < -0.4 is 5.32 Å². The summed E-state index contributed by atoms with van der Waals surface area (Å²) in [6.07, 6.45) is 5.77. The van der Waals surface area contributed by atoms with Gasteiger partial charge in [0, 0.05) is 12.1 Å². The number of aromatic nitrogens is 2. The summed E-state index contributed by atoms with van der Waals surface area (Å²) >= 11 is 3.51. The van der Waals surface area contributed by atoms with Crippen molar-refractivity contribution in [3.63, 3.8) is 0 Å². The fraction of sp³-hybridized carbons (Fsp3) is 0.700. The van der Waals surface area contributed by atoms with Gasteiger partial charge in [-0.05, 0) is 49.0 Å². The van der Waals surface area contributed by atoms with Crippen LogP contribution in [0, 0.1) is 0 Å². The first-order chi connectivity index (χ1) is 6.68. The van der Waals surface area contributed by atoms with E-state index < -0.39 is 0 Å². The van der Waals surface area contributed by atoms with E-state index >= 15 is 0 Å². The van der Waals surface area contributed by atoms with Crippen molar-refractivity contribution in [2.75, 3.05) is 5.32 Å². The topological polar surface area (TPSA) is 29.9 Å². The zero-order chi connectivity index (χ0) is 10.1. The lowest BCUT2D eigenvalue weighted by Crippen LogP contribution is -2.28. The molecule has 3 nitrogen and oxygen atoms in total. The van der Waals surface area contributed by atoms with E-state index in [1.807, 2.05) is 6.20 Å². The number of imidazole rings is 1. The predicted molar refractivity (Wildman–Crippen MR) is 61.6 cm³/mol.